The van der Waals surface area contributed by atoms with Crippen molar-refractivity contribution in [2.75, 3.05) is 30.7 Å². The van der Waals surface area contributed by atoms with E-state index in [1.54, 1.807) is 0 Å². The lowest BCUT2D eigenvalue weighted by Crippen LogP contribution is -2.55. The van der Waals surface area contributed by atoms with Gasteiger partial charge in [-0.2, -0.15) is 0 Å². The second kappa shape index (κ2) is 3.80. The van der Waals surface area contributed by atoms with Crippen LogP contribution in [0.5, 0.6) is 0 Å². The first-order valence-electron chi connectivity index (χ1n) is 4.91. The van der Waals surface area contributed by atoms with E-state index in [1.807, 2.05) is 0 Å². The molecule has 70 valence electrons. The quantitative estimate of drug-likeness (QED) is 0.405. The summed E-state index contributed by atoms with van der Waals surface area (Å²) in [5, 5.41) is 0. The Balaban J connectivity index is 2.05. The van der Waals surface area contributed by atoms with Gasteiger partial charge in [0, 0.05) is 0 Å². The number of ether oxygens (including phenoxy) is 1. The van der Waals surface area contributed by atoms with Crippen LogP contribution >= 0.6 is 22.6 Å². The predicted molar refractivity (Wildman–Crippen MR) is 57.3 cm³/mol. The maximum atomic E-state index is 5.76. The summed E-state index contributed by atoms with van der Waals surface area (Å²) in [4.78, 5) is 0. The highest BCUT2D eigenvalue weighted by molar-refractivity contribution is 14.1. The van der Waals surface area contributed by atoms with Gasteiger partial charge < -0.3 is 4.74 Å². The normalized spacial score (nSPS) is 34.2. The van der Waals surface area contributed by atoms with Gasteiger partial charge in [-0.15, -0.1) is 0 Å². The third kappa shape index (κ3) is 1.51. The van der Waals surface area contributed by atoms with Gasteiger partial charge in [0.15, 0.2) is 0 Å². The van der Waals surface area contributed by atoms with Crippen LogP contribution in [0.3, 0.4) is 0 Å². The van der Waals surface area contributed by atoms with Crippen LogP contribution in [0.1, 0.15) is 19.3 Å². The third-order valence-corrected chi connectivity index (χ3v) is 4.05. The van der Waals surface area contributed by atoms with Crippen molar-refractivity contribution in [1.82, 2.24) is 0 Å². The molecule has 2 fully saturated rings. The first-order chi connectivity index (χ1) is 5.87. The summed E-state index contributed by atoms with van der Waals surface area (Å²) in [6, 6.07) is 0. The smallest absolute Gasteiger partial charge is 0.202 e. The molecule has 2 rings (SSSR count). The van der Waals surface area contributed by atoms with Crippen LogP contribution in [-0.2, 0) is 4.74 Å². The monoisotopic (exact) mass is 282 g/mol. The molecule has 0 amide bonds. The number of rotatable bonds is 1. The Labute approximate surface area is 88.0 Å². The molecule has 0 aromatic heterocycles. The van der Waals surface area contributed by atoms with Crippen molar-refractivity contribution in [2.45, 2.75) is 25.5 Å². The molecular weight excluding hydrogens is 265 g/mol. The van der Waals surface area contributed by atoms with E-state index in [0.717, 1.165) is 11.0 Å². The summed E-state index contributed by atoms with van der Waals surface area (Å²) in [5.74, 6) is 0. The number of nitrogens with zero attached hydrogens (tertiary/aromatic N) is 1. The largest absolute Gasteiger partial charge is 0.323 e. The topological polar surface area (TPSA) is 9.23 Å². The van der Waals surface area contributed by atoms with E-state index in [1.165, 1.54) is 43.4 Å². The fraction of sp³-hybridized carbons (Fsp3) is 1.00. The lowest BCUT2D eigenvalue weighted by atomic mass is 10.1. The molecule has 0 saturated carbocycles. The number of halogens is 1. The van der Waals surface area contributed by atoms with Gasteiger partial charge in [-0.25, -0.2) is 0 Å². The van der Waals surface area contributed by atoms with E-state index in [0.29, 0.717) is 6.23 Å². The van der Waals surface area contributed by atoms with Gasteiger partial charge in [-0.3, -0.25) is 4.48 Å². The van der Waals surface area contributed by atoms with E-state index in [-0.39, 0.29) is 0 Å². The lowest BCUT2D eigenvalue weighted by Gasteiger charge is -2.40. The molecular formula is C9H17INO+. The summed E-state index contributed by atoms with van der Waals surface area (Å²) >= 11 is 2.46. The molecule has 2 aliphatic heterocycles. The van der Waals surface area contributed by atoms with Crippen LogP contribution in [0.15, 0.2) is 0 Å². The maximum absolute atomic E-state index is 5.76. The molecule has 0 bridgehead atoms. The average Bonchev–Trinajstić information content (AvgIpc) is 2.49. The van der Waals surface area contributed by atoms with Gasteiger partial charge in [-0.1, -0.05) is 22.6 Å². The van der Waals surface area contributed by atoms with Crippen molar-refractivity contribution >= 4 is 22.6 Å². The molecule has 0 aromatic rings. The van der Waals surface area contributed by atoms with Gasteiger partial charge in [0.1, 0.15) is 13.2 Å². The Hall–Kier alpha value is 0.650. The zero-order valence-electron chi connectivity index (χ0n) is 7.47. The lowest BCUT2D eigenvalue weighted by molar-refractivity contribution is -0.951. The van der Waals surface area contributed by atoms with Crippen molar-refractivity contribution < 1.29 is 9.22 Å². The highest BCUT2D eigenvalue weighted by Gasteiger charge is 2.42. The van der Waals surface area contributed by atoms with E-state index < -0.39 is 0 Å². The van der Waals surface area contributed by atoms with Gasteiger partial charge in [0.05, 0.1) is 17.5 Å². The minimum Gasteiger partial charge on any atom is -0.323 e. The van der Waals surface area contributed by atoms with Gasteiger partial charge in [0.2, 0.25) is 6.23 Å². The Morgan fingerprint density at radius 3 is 2.58 bits per heavy atom. The van der Waals surface area contributed by atoms with Crippen LogP contribution < -0.4 is 0 Å². The molecule has 12 heavy (non-hydrogen) atoms. The van der Waals surface area contributed by atoms with Crippen molar-refractivity contribution in [2.24, 2.45) is 0 Å². The molecule has 1 spiro atoms. The molecule has 2 saturated heterocycles. The van der Waals surface area contributed by atoms with Crippen molar-refractivity contribution in [3.63, 3.8) is 0 Å². The first-order valence-corrected chi connectivity index (χ1v) is 6.43. The zero-order valence-corrected chi connectivity index (χ0v) is 9.63. The molecule has 1 unspecified atom stereocenters. The predicted octanol–water partition coefficient (Wildman–Crippen LogP) is 1.78. The van der Waals surface area contributed by atoms with E-state index in [2.05, 4.69) is 22.6 Å². The first kappa shape index (κ1) is 9.21. The Morgan fingerprint density at radius 1 is 1.17 bits per heavy atom. The Morgan fingerprint density at radius 2 is 1.92 bits per heavy atom. The number of hydrogen-bond donors (Lipinski definition) is 0. The number of alkyl halides is 1. The average molecular weight is 282 g/mol. The Kier molecular flexibility index (Phi) is 2.92. The SMILES string of the molecule is ICC1OCC[N+]12CCCCC2. The summed E-state index contributed by atoms with van der Waals surface area (Å²) in [6.45, 7) is 5.00. The van der Waals surface area contributed by atoms with E-state index >= 15 is 0 Å². The van der Waals surface area contributed by atoms with Crippen molar-refractivity contribution in [1.29, 1.82) is 0 Å². The number of hydrogen-bond acceptors (Lipinski definition) is 1. The standard InChI is InChI=1S/C9H17INO/c10-8-9-11(6-7-12-9)4-2-1-3-5-11/h9H,1-8H2/q+1. The fourth-order valence-electron chi connectivity index (χ4n) is 2.52. The molecule has 0 aromatic carbocycles. The minimum atomic E-state index is 0.519. The second-order valence-corrected chi connectivity index (χ2v) is 4.81. The molecule has 0 aliphatic carbocycles. The molecule has 3 heteroatoms. The van der Waals surface area contributed by atoms with Crippen LogP contribution in [0, 0.1) is 0 Å². The zero-order chi connectivity index (χ0) is 8.44. The van der Waals surface area contributed by atoms with Crippen molar-refractivity contribution in [3.05, 3.63) is 0 Å². The van der Waals surface area contributed by atoms with Gasteiger partial charge in [-0.05, 0) is 19.3 Å². The fourth-order valence-corrected chi connectivity index (χ4v) is 3.61. The molecule has 0 radical (unpaired) electrons. The van der Waals surface area contributed by atoms with Crippen LogP contribution in [-0.4, -0.2) is 41.4 Å². The third-order valence-electron chi connectivity index (χ3n) is 3.30. The van der Waals surface area contributed by atoms with Crippen molar-refractivity contribution in [3.8, 4) is 0 Å². The highest BCUT2D eigenvalue weighted by atomic mass is 127. The van der Waals surface area contributed by atoms with E-state index in [4.69, 9.17) is 4.74 Å². The Bertz CT molecular complexity index is 157. The van der Waals surface area contributed by atoms with E-state index in [9.17, 15) is 0 Å². The second-order valence-electron chi connectivity index (χ2n) is 3.93. The molecule has 0 N–H and O–H groups in total. The number of quaternary nitrogens is 1. The molecule has 2 heterocycles. The summed E-state index contributed by atoms with van der Waals surface area (Å²) < 4.78 is 8.21. The van der Waals surface area contributed by atoms with Crippen LogP contribution in [0.2, 0.25) is 0 Å². The summed E-state index contributed by atoms with van der Waals surface area (Å²) in [5.41, 5.74) is 0. The minimum absolute atomic E-state index is 0.519. The number of piperidine rings is 1. The molecule has 1 atom stereocenters. The van der Waals surface area contributed by atoms with Gasteiger partial charge in [0.25, 0.3) is 0 Å². The van der Waals surface area contributed by atoms with Crippen LogP contribution in [0.4, 0.5) is 0 Å². The maximum Gasteiger partial charge on any atom is 0.202 e. The summed E-state index contributed by atoms with van der Waals surface area (Å²) in [7, 11) is 0. The van der Waals surface area contributed by atoms with Crippen LogP contribution in [0.25, 0.3) is 0 Å². The summed E-state index contributed by atoms with van der Waals surface area (Å²) in [6.07, 6.45) is 4.78. The molecule has 2 nitrogen and oxygen atoms in total. The van der Waals surface area contributed by atoms with Gasteiger partial charge >= 0.3 is 0 Å². The highest BCUT2D eigenvalue weighted by Crippen LogP contribution is 2.28. The molecule has 2 aliphatic rings.